The Morgan fingerprint density at radius 1 is 1.26 bits per heavy atom. The van der Waals surface area contributed by atoms with Gasteiger partial charge >= 0.3 is 0 Å². The van der Waals surface area contributed by atoms with Gasteiger partial charge in [-0.2, -0.15) is 0 Å². The molecule has 3 aliphatic heterocycles. The van der Waals surface area contributed by atoms with Gasteiger partial charge in [-0.1, -0.05) is 6.42 Å². The summed E-state index contributed by atoms with van der Waals surface area (Å²) in [4.78, 5) is 31.6. The number of amides is 2. The molecular weight excluding hydrogens is 342 g/mol. The molecule has 0 N–H and O–H groups in total. The molecule has 0 unspecified atom stereocenters. The highest BCUT2D eigenvalue weighted by molar-refractivity contribution is 5.89. The molecule has 0 spiro atoms. The van der Waals surface area contributed by atoms with Crippen molar-refractivity contribution in [3.8, 4) is 0 Å². The van der Waals surface area contributed by atoms with Gasteiger partial charge in [0.15, 0.2) is 0 Å². The molecule has 0 radical (unpaired) electrons. The molecule has 148 valence electrons. The number of likely N-dealkylation sites (tertiary alicyclic amines) is 1. The molecule has 6 heteroatoms. The molecule has 1 aromatic rings. The second kappa shape index (κ2) is 8.05. The first-order valence-electron chi connectivity index (χ1n) is 10.4. The van der Waals surface area contributed by atoms with Gasteiger partial charge in [-0.15, -0.1) is 0 Å². The van der Waals surface area contributed by atoms with Crippen molar-refractivity contribution in [2.75, 3.05) is 33.2 Å². The van der Waals surface area contributed by atoms with Crippen LogP contribution in [0.1, 0.15) is 44.3 Å². The number of hydrogen-bond acceptors (Lipinski definition) is 4. The highest BCUT2D eigenvalue weighted by Gasteiger charge is 2.38. The molecule has 0 bridgehead atoms. The Morgan fingerprint density at radius 3 is 2.93 bits per heavy atom. The number of carbonyl (C=O) groups is 2. The summed E-state index contributed by atoms with van der Waals surface area (Å²) in [7, 11) is 1.92. The minimum atomic E-state index is -0.219. The largest absolute Gasteiger partial charge is 0.467 e. The third kappa shape index (κ3) is 4.05. The second-order valence-electron chi connectivity index (χ2n) is 8.47. The van der Waals surface area contributed by atoms with E-state index in [1.165, 1.54) is 45.2 Å². The molecule has 6 nitrogen and oxygen atoms in total. The Morgan fingerprint density at radius 2 is 2.11 bits per heavy atom. The van der Waals surface area contributed by atoms with Crippen LogP contribution in [0.2, 0.25) is 0 Å². The van der Waals surface area contributed by atoms with Crippen LogP contribution in [0.5, 0.6) is 0 Å². The summed E-state index contributed by atoms with van der Waals surface area (Å²) in [6.07, 6.45) is 8.29. The predicted molar refractivity (Wildman–Crippen MR) is 102 cm³/mol. The van der Waals surface area contributed by atoms with Crippen molar-refractivity contribution in [3.05, 3.63) is 24.2 Å². The first-order valence-corrected chi connectivity index (χ1v) is 10.4. The third-order valence-electron chi connectivity index (χ3n) is 6.60. The summed E-state index contributed by atoms with van der Waals surface area (Å²) in [6, 6.07) is 4.34. The lowest BCUT2D eigenvalue weighted by atomic mass is 9.83. The van der Waals surface area contributed by atoms with Gasteiger partial charge in [0.2, 0.25) is 11.8 Å². The average Bonchev–Trinajstić information content (AvgIpc) is 3.32. The molecule has 2 amide bonds. The van der Waals surface area contributed by atoms with E-state index in [-0.39, 0.29) is 17.7 Å². The number of fused-ring (bicyclic) bond motifs is 1. The van der Waals surface area contributed by atoms with E-state index in [1.807, 2.05) is 24.1 Å². The van der Waals surface area contributed by atoms with E-state index in [1.54, 1.807) is 11.2 Å². The van der Waals surface area contributed by atoms with Crippen LogP contribution in [0.4, 0.5) is 0 Å². The van der Waals surface area contributed by atoms with Gasteiger partial charge in [-0.3, -0.25) is 9.59 Å². The van der Waals surface area contributed by atoms with Gasteiger partial charge in [0.25, 0.3) is 0 Å². The van der Waals surface area contributed by atoms with Crippen LogP contribution in [-0.2, 0) is 16.1 Å². The van der Waals surface area contributed by atoms with E-state index >= 15 is 0 Å². The molecular formula is C21H31N3O3. The zero-order valence-corrected chi connectivity index (χ0v) is 16.3. The molecule has 3 atom stereocenters. The van der Waals surface area contributed by atoms with Gasteiger partial charge in [-0.05, 0) is 56.8 Å². The Balaban J connectivity index is 1.33. The molecule has 3 saturated heterocycles. The second-order valence-corrected chi connectivity index (χ2v) is 8.47. The first-order chi connectivity index (χ1) is 13.1. The lowest BCUT2D eigenvalue weighted by Crippen LogP contribution is -2.51. The molecule has 3 fully saturated rings. The molecule has 27 heavy (non-hydrogen) atoms. The van der Waals surface area contributed by atoms with Gasteiger partial charge in [0.05, 0.1) is 18.7 Å². The van der Waals surface area contributed by atoms with Crippen LogP contribution in [0.15, 0.2) is 22.8 Å². The van der Waals surface area contributed by atoms with E-state index < -0.39 is 0 Å². The fourth-order valence-electron chi connectivity index (χ4n) is 5.22. The van der Waals surface area contributed by atoms with Crippen LogP contribution < -0.4 is 0 Å². The fourth-order valence-corrected chi connectivity index (χ4v) is 5.22. The number of furan rings is 1. The maximum Gasteiger partial charge on any atom is 0.227 e. The zero-order valence-electron chi connectivity index (χ0n) is 16.3. The maximum atomic E-state index is 13.0. The number of rotatable bonds is 5. The normalized spacial score (nSPS) is 29.0. The molecule has 0 aliphatic carbocycles. The van der Waals surface area contributed by atoms with Crippen molar-refractivity contribution in [1.29, 1.82) is 0 Å². The van der Waals surface area contributed by atoms with Gasteiger partial charge in [-0.25, -0.2) is 0 Å². The molecule has 0 saturated carbocycles. The SMILES string of the molecule is CN(C[C@@H]1CCCN2CCCC[C@@H]12)C(=O)[C@H]1CC(=O)N(Cc2ccco2)C1. The summed E-state index contributed by atoms with van der Waals surface area (Å²) in [5.41, 5.74) is 0. The highest BCUT2D eigenvalue weighted by Crippen LogP contribution is 2.32. The topological polar surface area (TPSA) is 57.0 Å². The number of hydrogen-bond donors (Lipinski definition) is 0. The van der Waals surface area contributed by atoms with E-state index in [2.05, 4.69) is 4.90 Å². The lowest BCUT2D eigenvalue weighted by molar-refractivity contribution is -0.135. The molecule has 1 aromatic heterocycles. The van der Waals surface area contributed by atoms with Crippen LogP contribution in [0, 0.1) is 11.8 Å². The van der Waals surface area contributed by atoms with Crippen LogP contribution in [-0.4, -0.2) is 65.8 Å². The maximum absolute atomic E-state index is 13.0. The van der Waals surface area contributed by atoms with E-state index in [4.69, 9.17) is 4.42 Å². The van der Waals surface area contributed by atoms with Crippen LogP contribution >= 0.6 is 0 Å². The van der Waals surface area contributed by atoms with Crippen molar-refractivity contribution in [1.82, 2.24) is 14.7 Å². The molecule has 4 heterocycles. The van der Waals surface area contributed by atoms with Gasteiger partial charge < -0.3 is 19.1 Å². The van der Waals surface area contributed by atoms with Gasteiger partial charge in [0, 0.05) is 32.6 Å². The van der Waals surface area contributed by atoms with Gasteiger partial charge in [0.1, 0.15) is 5.76 Å². The quantitative estimate of drug-likeness (QED) is 0.795. The van der Waals surface area contributed by atoms with Crippen molar-refractivity contribution < 1.29 is 14.0 Å². The average molecular weight is 373 g/mol. The number of nitrogens with zero attached hydrogens (tertiary/aromatic N) is 3. The molecule has 3 aliphatic rings. The highest BCUT2D eigenvalue weighted by atomic mass is 16.3. The zero-order chi connectivity index (χ0) is 18.8. The third-order valence-corrected chi connectivity index (χ3v) is 6.60. The Bertz CT molecular complexity index is 658. The summed E-state index contributed by atoms with van der Waals surface area (Å²) in [5, 5.41) is 0. The first kappa shape index (κ1) is 18.5. The summed E-state index contributed by atoms with van der Waals surface area (Å²) >= 11 is 0. The summed E-state index contributed by atoms with van der Waals surface area (Å²) in [5.74, 6) is 1.30. The fraction of sp³-hybridized carbons (Fsp3) is 0.714. The minimum Gasteiger partial charge on any atom is -0.467 e. The molecule has 4 rings (SSSR count). The van der Waals surface area contributed by atoms with E-state index in [0.717, 1.165) is 12.3 Å². The number of carbonyl (C=O) groups excluding carboxylic acids is 2. The van der Waals surface area contributed by atoms with Crippen molar-refractivity contribution in [2.45, 2.75) is 51.1 Å². The van der Waals surface area contributed by atoms with E-state index in [9.17, 15) is 9.59 Å². The van der Waals surface area contributed by atoms with Crippen molar-refractivity contribution in [3.63, 3.8) is 0 Å². The smallest absolute Gasteiger partial charge is 0.227 e. The van der Waals surface area contributed by atoms with Crippen LogP contribution in [0.25, 0.3) is 0 Å². The Kier molecular flexibility index (Phi) is 5.53. The van der Waals surface area contributed by atoms with Crippen molar-refractivity contribution >= 4 is 11.8 Å². The lowest BCUT2D eigenvalue weighted by Gasteiger charge is -2.45. The Labute approximate surface area is 161 Å². The van der Waals surface area contributed by atoms with Crippen molar-refractivity contribution in [2.24, 2.45) is 11.8 Å². The van der Waals surface area contributed by atoms with Crippen LogP contribution in [0.3, 0.4) is 0 Å². The number of piperidine rings is 2. The summed E-state index contributed by atoms with van der Waals surface area (Å²) < 4.78 is 5.34. The van der Waals surface area contributed by atoms with E-state index in [0.29, 0.717) is 31.5 Å². The monoisotopic (exact) mass is 373 g/mol. The minimum absolute atomic E-state index is 0.0503. The standard InChI is InChI=1S/C21H31N3O3/c1-22(13-16-6-4-10-23-9-3-2-8-19(16)23)21(26)17-12-20(25)24(14-17)15-18-7-5-11-27-18/h5,7,11,16-17,19H,2-4,6,8-10,12-15H2,1H3/t16-,17-,19-/m0/s1. The summed E-state index contributed by atoms with van der Waals surface area (Å²) in [6.45, 7) is 4.22. The molecule has 0 aromatic carbocycles. The Hall–Kier alpha value is -1.82. The predicted octanol–water partition coefficient (Wildman–Crippen LogP) is 2.35.